The molecular formula is C4H9Na2O. The van der Waals surface area contributed by atoms with Crippen molar-refractivity contribution in [3.63, 3.8) is 0 Å². The zero-order valence-electron chi connectivity index (χ0n) is 5.53. The van der Waals surface area contributed by atoms with Gasteiger partial charge < -0.3 is 5.11 Å². The molecule has 0 fully saturated rings. The molecule has 0 aliphatic rings. The van der Waals surface area contributed by atoms with Gasteiger partial charge >= 0.3 is 29.6 Å². The standard InChI is InChI=1S/C4H9O.2Na/c1-2-3-4-5;;/h2-4H2,1H3;;/q-1;;+1. The average Bonchev–Trinajstić information content (AvgIpc) is 1.41. The second-order valence-corrected chi connectivity index (χ2v) is 1.06. The van der Waals surface area contributed by atoms with Gasteiger partial charge in [0.1, 0.15) is 0 Å². The van der Waals surface area contributed by atoms with E-state index in [0.717, 1.165) is 12.8 Å². The number of rotatable bonds is 2. The summed E-state index contributed by atoms with van der Waals surface area (Å²) in [6, 6.07) is 0. The van der Waals surface area contributed by atoms with Crippen LogP contribution in [-0.2, 0) is 0 Å². The second-order valence-electron chi connectivity index (χ2n) is 1.06. The van der Waals surface area contributed by atoms with Gasteiger partial charge in [0.2, 0.25) is 0 Å². The second kappa shape index (κ2) is 15.7. The summed E-state index contributed by atoms with van der Waals surface area (Å²) in [5, 5.41) is 9.53. The van der Waals surface area contributed by atoms with E-state index in [-0.39, 0.29) is 65.7 Å². The summed E-state index contributed by atoms with van der Waals surface area (Å²) >= 11 is 0. The molecule has 0 aromatic rings. The smallest absolute Gasteiger partial charge is 0.854 e. The number of hydrogen-bond acceptors (Lipinski definition) is 1. The average molecular weight is 119 g/mol. The Labute approximate surface area is 89.5 Å². The largest absolute Gasteiger partial charge is 1.00 e. The van der Waals surface area contributed by atoms with Crippen LogP contribution in [0.15, 0.2) is 0 Å². The molecular weight excluding hydrogens is 110 g/mol. The molecule has 0 aromatic heterocycles. The summed E-state index contributed by atoms with van der Waals surface area (Å²) in [5.74, 6) is 0. The van der Waals surface area contributed by atoms with E-state index in [4.69, 9.17) is 0 Å². The first-order valence-electron chi connectivity index (χ1n) is 2.00. The summed E-state index contributed by atoms with van der Waals surface area (Å²) in [5.41, 5.74) is 0. The third-order valence-electron chi connectivity index (χ3n) is 0.498. The van der Waals surface area contributed by atoms with Crippen LogP contribution in [0.3, 0.4) is 0 Å². The molecule has 0 bridgehead atoms. The van der Waals surface area contributed by atoms with Crippen molar-refractivity contribution in [2.24, 2.45) is 0 Å². The van der Waals surface area contributed by atoms with E-state index in [0.29, 0.717) is 0 Å². The van der Waals surface area contributed by atoms with Crippen LogP contribution in [0, 0.1) is 0 Å². The predicted molar refractivity (Wildman–Crippen MR) is 25.5 cm³/mol. The van der Waals surface area contributed by atoms with E-state index >= 15 is 0 Å². The SMILES string of the molecule is CCCC[O-].[Na+].[Na]. The minimum Gasteiger partial charge on any atom is -0.854 e. The van der Waals surface area contributed by atoms with Crippen molar-refractivity contribution in [2.45, 2.75) is 19.8 Å². The quantitative estimate of drug-likeness (QED) is 0.350. The molecule has 1 radical (unpaired) electrons. The molecule has 0 aliphatic carbocycles. The summed E-state index contributed by atoms with van der Waals surface area (Å²) in [7, 11) is 0. The Kier molecular flexibility index (Phi) is 35.8. The maximum absolute atomic E-state index is 9.53. The molecule has 0 aromatic carbocycles. The molecule has 0 unspecified atom stereocenters. The van der Waals surface area contributed by atoms with Crippen LogP contribution in [0.2, 0.25) is 0 Å². The van der Waals surface area contributed by atoms with Crippen LogP contribution in [0.25, 0.3) is 0 Å². The third kappa shape index (κ3) is 18.0. The van der Waals surface area contributed by atoms with Crippen molar-refractivity contribution < 1.29 is 34.7 Å². The van der Waals surface area contributed by atoms with Gasteiger partial charge in [0.25, 0.3) is 0 Å². The van der Waals surface area contributed by atoms with Crippen molar-refractivity contribution in [1.82, 2.24) is 0 Å². The Morgan fingerprint density at radius 2 is 1.86 bits per heavy atom. The summed E-state index contributed by atoms with van der Waals surface area (Å²) in [4.78, 5) is 0. The first kappa shape index (κ1) is 16.0. The van der Waals surface area contributed by atoms with Gasteiger partial charge in [-0.25, -0.2) is 0 Å². The van der Waals surface area contributed by atoms with Crippen molar-refractivity contribution in [2.75, 3.05) is 6.61 Å². The van der Waals surface area contributed by atoms with Crippen LogP contribution >= 0.6 is 0 Å². The van der Waals surface area contributed by atoms with Crippen LogP contribution in [0.4, 0.5) is 0 Å². The fourth-order valence-corrected chi connectivity index (χ4v) is 0.144. The van der Waals surface area contributed by atoms with E-state index in [2.05, 4.69) is 0 Å². The zero-order chi connectivity index (χ0) is 4.12. The molecule has 0 N–H and O–H groups in total. The maximum atomic E-state index is 9.53. The van der Waals surface area contributed by atoms with Crippen molar-refractivity contribution >= 4 is 29.6 Å². The Balaban J connectivity index is -0.0000000800. The van der Waals surface area contributed by atoms with Gasteiger partial charge in [-0.15, -0.1) is 6.61 Å². The first-order valence-corrected chi connectivity index (χ1v) is 2.00. The van der Waals surface area contributed by atoms with E-state index in [1.54, 1.807) is 0 Å². The maximum Gasteiger partial charge on any atom is 1.00 e. The zero-order valence-corrected chi connectivity index (χ0v) is 9.53. The van der Waals surface area contributed by atoms with Gasteiger partial charge in [0, 0.05) is 29.6 Å². The normalized spacial score (nSPS) is 6.00. The van der Waals surface area contributed by atoms with Crippen LogP contribution in [0.1, 0.15) is 19.8 Å². The molecule has 0 amide bonds. The Bertz CT molecular complexity index is 17.2. The fourth-order valence-electron chi connectivity index (χ4n) is 0.144. The van der Waals surface area contributed by atoms with E-state index in [1.807, 2.05) is 6.92 Å². The summed E-state index contributed by atoms with van der Waals surface area (Å²) in [6.07, 6.45) is 1.86. The Hall–Kier alpha value is 1.96. The van der Waals surface area contributed by atoms with Gasteiger partial charge in [-0.1, -0.05) is 19.8 Å². The van der Waals surface area contributed by atoms with Gasteiger partial charge in [-0.05, 0) is 0 Å². The molecule has 0 atom stereocenters. The molecule has 0 saturated heterocycles. The summed E-state index contributed by atoms with van der Waals surface area (Å²) in [6.45, 7) is 2.11. The minimum absolute atomic E-state index is 0. The minimum atomic E-state index is 0. The van der Waals surface area contributed by atoms with Crippen LogP contribution < -0.4 is 34.7 Å². The number of unbranched alkanes of at least 4 members (excludes halogenated alkanes) is 1. The molecule has 0 rings (SSSR count). The molecule has 0 heterocycles. The van der Waals surface area contributed by atoms with Gasteiger partial charge in [-0.3, -0.25) is 0 Å². The summed E-state index contributed by atoms with van der Waals surface area (Å²) < 4.78 is 0. The van der Waals surface area contributed by atoms with E-state index in [1.165, 1.54) is 0 Å². The molecule has 0 saturated carbocycles. The molecule has 7 heavy (non-hydrogen) atoms. The first-order chi connectivity index (χ1) is 2.41. The van der Waals surface area contributed by atoms with E-state index < -0.39 is 0 Å². The molecule has 0 aliphatic heterocycles. The number of hydrogen-bond donors (Lipinski definition) is 0. The molecule has 1 nitrogen and oxygen atoms in total. The van der Waals surface area contributed by atoms with Crippen LogP contribution in [0.5, 0.6) is 0 Å². The molecule has 3 heteroatoms. The van der Waals surface area contributed by atoms with E-state index in [9.17, 15) is 5.11 Å². The fraction of sp³-hybridized carbons (Fsp3) is 1.00. The van der Waals surface area contributed by atoms with Crippen molar-refractivity contribution in [3.8, 4) is 0 Å². The van der Waals surface area contributed by atoms with Gasteiger partial charge in [0.05, 0.1) is 0 Å². The Morgan fingerprint density at radius 1 is 1.43 bits per heavy atom. The van der Waals surface area contributed by atoms with Gasteiger partial charge in [0.15, 0.2) is 0 Å². The van der Waals surface area contributed by atoms with Gasteiger partial charge in [-0.2, -0.15) is 0 Å². The predicted octanol–water partition coefficient (Wildman–Crippen LogP) is -3.23. The molecule has 0 spiro atoms. The van der Waals surface area contributed by atoms with Crippen LogP contribution in [-0.4, -0.2) is 36.2 Å². The van der Waals surface area contributed by atoms with Crippen molar-refractivity contribution in [1.29, 1.82) is 0 Å². The Morgan fingerprint density at radius 3 is 1.86 bits per heavy atom. The monoisotopic (exact) mass is 119 g/mol. The van der Waals surface area contributed by atoms with Crippen molar-refractivity contribution in [3.05, 3.63) is 0 Å². The topological polar surface area (TPSA) is 23.1 Å². The molecule has 33 valence electrons. The third-order valence-corrected chi connectivity index (χ3v) is 0.498.